The Morgan fingerprint density at radius 1 is 1.15 bits per heavy atom. The van der Waals surface area contributed by atoms with E-state index in [4.69, 9.17) is 4.74 Å². The molecule has 0 saturated carbocycles. The maximum atomic E-state index is 13.4. The largest absolute Gasteiger partial charge is 0.383 e. The summed E-state index contributed by atoms with van der Waals surface area (Å²) in [5.74, 6) is 0.0682. The first-order chi connectivity index (χ1) is 12.7. The Labute approximate surface area is 154 Å². The molecule has 0 amide bonds. The minimum atomic E-state index is -0.411. The number of aromatic nitrogens is 1. The predicted octanol–water partition coefficient (Wildman–Crippen LogP) is 4.28. The highest BCUT2D eigenvalue weighted by molar-refractivity contribution is 6.11. The number of ketones is 1. The first-order valence-electron chi connectivity index (χ1n) is 9.08. The molecule has 0 fully saturated rings. The van der Waals surface area contributed by atoms with E-state index in [1.54, 1.807) is 7.11 Å². The Morgan fingerprint density at radius 3 is 2.62 bits per heavy atom. The lowest BCUT2D eigenvalue weighted by Crippen LogP contribution is -2.37. The van der Waals surface area contributed by atoms with Crippen LogP contribution in [0.5, 0.6) is 0 Å². The molecule has 3 aromatic rings. The minimum Gasteiger partial charge on any atom is -0.383 e. The van der Waals surface area contributed by atoms with Gasteiger partial charge in [-0.05, 0) is 24.5 Å². The number of aryl methyl sites for hydroxylation is 1. The third kappa shape index (κ3) is 3.71. The molecule has 0 aliphatic heterocycles. The van der Waals surface area contributed by atoms with Crippen molar-refractivity contribution in [1.29, 1.82) is 0 Å². The van der Waals surface area contributed by atoms with E-state index < -0.39 is 6.04 Å². The average molecular weight is 350 g/mol. The fourth-order valence-electron chi connectivity index (χ4n) is 3.42. The van der Waals surface area contributed by atoms with E-state index in [1.807, 2.05) is 55.6 Å². The zero-order valence-electron chi connectivity index (χ0n) is 15.6. The van der Waals surface area contributed by atoms with Gasteiger partial charge in [0.05, 0.1) is 12.6 Å². The number of carbonyl (C=O) groups excluding carboxylic acids is 1. The van der Waals surface area contributed by atoms with E-state index in [9.17, 15) is 4.79 Å². The van der Waals surface area contributed by atoms with Gasteiger partial charge in [-0.15, -0.1) is 0 Å². The van der Waals surface area contributed by atoms with Gasteiger partial charge < -0.3 is 9.72 Å². The summed E-state index contributed by atoms with van der Waals surface area (Å²) in [6.45, 7) is 4.69. The molecule has 1 aromatic heterocycles. The van der Waals surface area contributed by atoms with Crippen LogP contribution in [0.1, 0.15) is 41.4 Å². The molecule has 2 N–H and O–H groups in total. The molecule has 3 rings (SSSR count). The number of hydrogen-bond acceptors (Lipinski definition) is 3. The maximum Gasteiger partial charge on any atom is 0.186 e. The first-order valence-corrected chi connectivity index (χ1v) is 9.08. The van der Waals surface area contributed by atoms with Crippen molar-refractivity contribution in [3.63, 3.8) is 0 Å². The fraction of sp³-hybridized carbons (Fsp3) is 0.318. The number of para-hydroxylation sites is 1. The summed E-state index contributed by atoms with van der Waals surface area (Å²) in [6.07, 6.45) is 2.77. The number of aromatic amines is 1. The van der Waals surface area contributed by atoms with Crippen molar-refractivity contribution in [3.8, 4) is 0 Å². The molecule has 2 aromatic carbocycles. The van der Waals surface area contributed by atoms with Crippen LogP contribution in [0, 0.1) is 0 Å². The van der Waals surface area contributed by atoms with Crippen LogP contribution in [0.25, 0.3) is 10.9 Å². The van der Waals surface area contributed by atoms with Crippen LogP contribution in [0.3, 0.4) is 0 Å². The van der Waals surface area contributed by atoms with Gasteiger partial charge in [-0.2, -0.15) is 0 Å². The summed E-state index contributed by atoms with van der Waals surface area (Å²) in [6, 6.07) is 15.6. The molecule has 0 aliphatic carbocycles. The van der Waals surface area contributed by atoms with Crippen molar-refractivity contribution in [1.82, 2.24) is 10.3 Å². The van der Waals surface area contributed by atoms with Crippen LogP contribution in [-0.2, 0) is 11.2 Å². The Hall–Kier alpha value is -2.43. The number of nitrogens with one attached hydrogen (secondary N) is 2. The van der Waals surface area contributed by atoms with Crippen LogP contribution in [0.2, 0.25) is 0 Å². The highest BCUT2D eigenvalue weighted by atomic mass is 16.5. The number of benzene rings is 2. The summed E-state index contributed by atoms with van der Waals surface area (Å²) < 4.78 is 5.23. The predicted molar refractivity (Wildman–Crippen MR) is 106 cm³/mol. The topological polar surface area (TPSA) is 54.1 Å². The molecule has 0 saturated heterocycles. The highest BCUT2D eigenvalue weighted by Crippen LogP contribution is 2.27. The molecule has 136 valence electrons. The van der Waals surface area contributed by atoms with Crippen LogP contribution < -0.4 is 5.32 Å². The minimum absolute atomic E-state index is 0.0607. The van der Waals surface area contributed by atoms with Gasteiger partial charge in [-0.25, -0.2) is 0 Å². The molecular formula is C22H26N2O2. The molecular weight excluding hydrogens is 324 g/mol. The lowest BCUT2D eigenvalue weighted by Gasteiger charge is -2.22. The second kappa shape index (κ2) is 8.30. The number of Topliss-reactive ketones (excluding diaryl/α,β-unsaturated/α-hetero) is 1. The van der Waals surface area contributed by atoms with Gasteiger partial charge in [0.1, 0.15) is 0 Å². The zero-order chi connectivity index (χ0) is 18.5. The van der Waals surface area contributed by atoms with E-state index in [0.29, 0.717) is 6.61 Å². The SMILES string of the molecule is CCc1cccc2c(C(=O)C(NC(C)COC)c3ccccc3)c[nH]c12. The third-order valence-corrected chi connectivity index (χ3v) is 4.71. The normalized spacial score (nSPS) is 13.7. The Kier molecular flexibility index (Phi) is 5.86. The molecule has 4 heteroatoms. The Bertz CT molecular complexity index is 870. The van der Waals surface area contributed by atoms with Gasteiger partial charge >= 0.3 is 0 Å². The van der Waals surface area contributed by atoms with E-state index >= 15 is 0 Å². The van der Waals surface area contributed by atoms with Crippen molar-refractivity contribution >= 4 is 16.7 Å². The first kappa shape index (κ1) is 18.4. The van der Waals surface area contributed by atoms with Gasteiger partial charge in [0.15, 0.2) is 5.78 Å². The lowest BCUT2D eigenvalue weighted by molar-refractivity contribution is 0.0922. The van der Waals surface area contributed by atoms with E-state index in [1.165, 1.54) is 5.56 Å². The number of ether oxygens (including phenoxy) is 1. The smallest absolute Gasteiger partial charge is 0.186 e. The molecule has 0 spiro atoms. The number of methoxy groups -OCH3 is 1. The number of rotatable bonds is 8. The van der Waals surface area contributed by atoms with Crippen molar-refractivity contribution in [2.75, 3.05) is 13.7 Å². The van der Waals surface area contributed by atoms with Gasteiger partial charge in [-0.1, -0.05) is 55.5 Å². The molecule has 4 nitrogen and oxygen atoms in total. The van der Waals surface area contributed by atoms with Crippen molar-refractivity contribution < 1.29 is 9.53 Å². The second-order valence-corrected chi connectivity index (χ2v) is 6.63. The summed E-state index contributed by atoms with van der Waals surface area (Å²) >= 11 is 0. The monoisotopic (exact) mass is 350 g/mol. The van der Waals surface area contributed by atoms with Gasteiger partial charge in [0.2, 0.25) is 0 Å². The molecule has 26 heavy (non-hydrogen) atoms. The number of carbonyl (C=O) groups is 1. The quantitative estimate of drug-likeness (QED) is 0.596. The average Bonchev–Trinajstić information content (AvgIpc) is 3.10. The number of hydrogen-bond donors (Lipinski definition) is 2. The lowest BCUT2D eigenvalue weighted by atomic mass is 9.95. The molecule has 0 aliphatic rings. The molecule has 1 heterocycles. The standard InChI is InChI=1S/C22H26N2O2/c1-4-16-11-8-12-18-19(13-23-20(16)18)22(25)21(24-15(2)14-26-3)17-9-6-5-7-10-17/h5-13,15,21,23-24H,4,14H2,1-3H3. The van der Waals surface area contributed by atoms with Crippen molar-refractivity contribution in [3.05, 3.63) is 71.4 Å². The van der Waals surface area contributed by atoms with E-state index in [0.717, 1.165) is 28.5 Å². The summed E-state index contributed by atoms with van der Waals surface area (Å²) in [5.41, 5.74) is 3.95. The van der Waals surface area contributed by atoms with E-state index in [-0.39, 0.29) is 11.8 Å². The summed E-state index contributed by atoms with van der Waals surface area (Å²) in [5, 5.41) is 4.41. The summed E-state index contributed by atoms with van der Waals surface area (Å²) in [7, 11) is 1.67. The van der Waals surface area contributed by atoms with E-state index in [2.05, 4.69) is 23.3 Å². The van der Waals surface area contributed by atoms with Gasteiger partial charge in [0.25, 0.3) is 0 Å². The molecule has 2 unspecified atom stereocenters. The van der Waals surface area contributed by atoms with Gasteiger partial charge in [0, 0.05) is 35.8 Å². The van der Waals surface area contributed by atoms with Crippen LogP contribution in [0.15, 0.2) is 54.7 Å². The number of fused-ring (bicyclic) bond motifs is 1. The van der Waals surface area contributed by atoms with Crippen LogP contribution in [0.4, 0.5) is 0 Å². The summed E-state index contributed by atoms with van der Waals surface area (Å²) in [4.78, 5) is 16.7. The van der Waals surface area contributed by atoms with Crippen LogP contribution in [-0.4, -0.2) is 30.5 Å². The van der Waals surface area contributed by atoms with Gasteiger partial charge in [-0.3, -0.25) is 10.1 Å². The third-order valence-electron chi connectivity index (χ3n) is 4.71. The van der Waals surface area contributed by atoms with Crippen molar-refractivity contribution in [2.45, 2.75) is 32.4 Å². The zero-order valence-corrected chi connectivity index (χ0v) is 15.6. The molecule has 0 radical (unpaired) electrons. The highest BCUT2D eigenvalue weighted by Gasteiger charge is 2.25. The molecule has 0 bridgehead atoms. The second-order valence-electron chi connectivity index (χ2n) is 6.63. The molecule has 2 atom stereocenters. The maximum absolute atomic E-state index is 13.4. The number of H-pyrrole nitrogens is 1. The van der Waals surface area contributed by atoms with Crippen molar-refractivity contribution in [2.24, 2.45) is 0 Å². The van der Waals surface area contributed by atoms with Crippen LogP contribution >= 0.6 is 0 Å². The Balaban J connectivity index is 2.00. The fourth-order valence-corrected chi connectivity index (χ4v) is 3.42. The Morgan fingerprint density at radius 2 is 1.92 bits per heavy atom.